The van der Waals surface area contributed by atoms with Crippen molar-refractivity contribution < 1.29 is 26.5 Å². The molecule has 0 aliphatic rings. The summed E-state index contributed by atoms with van der Waals surface area (Å²) >= 11 is 0. The van der Waals surface area contributed by atoms with Crippen molar-refractivity contribution >= 4 is 15.7 Å². The highest BCUT2D eigenvalue weighted by Gasteiger charge is 2.42. The second-order valence-electron chi connectivity index (χ2n) is 6.31. The second-order valence-corrected chi connectivity index (χ2v) is 7.84. The molecule has 0 amide bonds. The average molecular weight is 406 g/mol. The number of alkyl halides is 3. The Labute approximate surface area is 155 Å². The number of nitrogens with zero attached hydrogens (tertiary/aromatic N) is 1. The quantitative estimate of drug-likeness (QED) is 0.409. The van der Waals surface area contributed by atoms with Gasteiger partial charge in [-0.05, 0) is 51.7 Å². The minimum Gasteiger partial charge on any atom is -0.258 e. The van der Waals surface area contributed by atoms with Gasteiger partial charge in [-0.2, -0.15) is 13.2 Å². The van der Waals surface area contributed by atoms with Crippen LogP contribution in [-0.4, -0.2) is 13.3 Å². The average Bonchev–Trinajstić information content (AvgIpc) is 2.49. The van der Waals surface area contributed by atoms with Crippen molar-refractivity contribution in [2.24, 2.45) is 5.14 Å². The van der Waals surface area contributed by atoms with Crippen molar-refractivity contribution in [3.63, 3.8) is 0 Å². The number of nitrogens with two attached hydrogens (primary N) is 1. The summed E-state index contributed by atoms with van der Waals surface area (Å²) in [5.74, 6) is 0. The maximum absolute atomic E-state index is 13.5. The van der Waals surface area contributed by atoms with Gasteiger partial charge in [0.25, 0.3) is 5.69 Å². The van der Waals surface area contributed by atoms with Crippen molar-refractivity contribution in [1.29, 1.82) is 0 Å². The predicted octanol–water partition coefficient (Wildman–Crippen LogP) is 4.50. The Balaban J connectivity index is 3.51. The van der Waals surface area contributed by atoms with Crippen molar-refractivity contribution in [1.82, 2.24) is 0 Å². The summed E-state index contributed by atoms with van der Waals surface area (Å²) in [7, 11) is -4.50. The highest BCUT2D eigenvalue weighted by molar-refractivity contribution is 7.89. The molecular formula is C17H21F3N2O4S. The van der Waals surface area contributed by atoms with Gasteiger partial charge in [0.1, 0.15) is 5.56 Å². The molecule has 0 atom stereocenters. The lowest BCUT2D eigenvalue weighted by Gasteiger charge is -2.15. The third-order valence-corrected chi connectivity index (χ3v) is 4.78. The molecule has 1 rings (SSSR count). The Morgan fingerprint density at radius 1 is 1.22 bits per heavy atom. The zero-order valence-corrected chi connectivity index (χ0v) is 15.9. The fourth-order valence-corrected chi connectivity index (χ4v) is 3.31. The summed E-state index contributed by atoms with van der Waals surface area (Å²) in [6, 6.07) is 1.25. The molecule has 1 aromatic carbocycles. The van der Waals surface area contributed by atoms with Crippen molar-refractivity contribution in [2.45, 2.75) is 51.1 Å². The van der Waals surface area contributed by atoms with E-state index in [-0.39, 0.29) is 0 Å². The number of hydrogen-bond donors (Lipinski definition) is 1. The van der Waals surface area contributed by atoms with Gasteiger partial charge in [-0.1, -0.05) is 23.3 Å². The summed E-state index contributed by atoms with van der Waals surface area (Å²) in [5, 5.41) is 16.1. The van der Waals surface area contributed by atoms with E-state index in [1.807, 2.05) is 19.9 Å². The van der Waals surface area contributed by atoms with Crippen LogP contribution in [0.3, 0.4) is 0 Å². The number of primary sulfonamides is 1. The lowest BCUT2D eigenvalue weighted by Crippen LogP contribution is -2.20. The number of allylic oxidation sites excluding steroid dienone is 4. The van der Waals surface area contributed by atoms with Gasteiger partial charge in [-0.25, -0.2) is 13.6 Å². The van der Waals surface area contributed by atoms with Crippen LogP contribution in [0.1, 0.15) is 44.7 Å². The van der Waals surface area contributed by atoms with Gasteiger partial charge < -0.3 is 0 Å². The van der Waals surface area contributed by atoms with E-state index >= 15 is 0 Å². The van der Waals surface area contributed by atoms with Gasteiger partial charge >= 0.3 is 6.18 Å². The van der Waals surface area contributed by atoms with E-state index in [4.69, 9.17) is 5.14 Å². The molecule has 0 radical (unpaired) electrons. The first-order chi connectivity index (χ1) is 12.2. The molecule has 6 nitrogen and oxygen atoms in total. The number of rotatable bonds is 7. The summed E-state index contributed by atoms with van der Waals surface area (Å²) in [6.07, 6.45) is -0.922. The molecule has 0 aliphatic carbocycles. The SMILES string of the molecule is CC(C)=CCCC(C)=CCc1c(S(N)(=O)=O)ccc([N+](=O)[O-])c1C(F)(F)F. The number of benzene rings is 1. The van der Waals surface area contributed by atoms with Crippen molar-refractivity contribution in [3.05, 3.63) is 56.7 Å². The molecule has 0 bridgehead atoms. The lowest BCUT2D eigenvalue weighted by molar-refractivity contribution is -0.388. The maximum atomic E-state index is 13.5. The number of sulfonamides is 1. The van der Waals surface area contributed by atoms with Gasteiger partial charge in [-0.15, -0.1) is 0 Å². The molecule has 2 N–H and O–H groups in total. The Morgan fingerprint density at radius 2 is 1.81 bits per heavy atom. The van der Waals surface area contributed by atoms with Crippen LogP contribution in [0.25, 0.3) is 0 Å². The fourth-order valence-electron chi connectivity index (χ4n) is 2.52. The van der Waals surface area contributed by atoms with Crippen LogP contribution in [0.5, 0.6) is 0 Å². The number of nitro groups is 1. The number of halogens is 3. The Hall–Kier alpha value is -2.20. The highest BCUT2D eigenvalue weighted by atomic mass is 32.2. The Morgan fingerprint density at radius 3 is 2.26 bits per heavy atom. The van der Waals surface area contributed by atoms with Gasteiger partial charge in [-0.3, -0.25) is 10.1 Å². The number of hydrogen-bond acceptors (Lipinski definition) is 4. The molecule has 10 heteroatoms. The first-order valence-corrected chi connectivity index (χ1v) is 9.49. The molecule has 27 heavy (non-hydrogen) atoms. The summed E-state index contributed by atoms with van der Waals surface area (Å²) < 4.78 is 63.9. The molecule has 0 aliphatic heterocycles. The van der Waals surface area contributed by atoms with E-state index in [0.29, 0.717) is 18.9 Å². The van der Waals surface area contributed by atoms with E-state index < -0.39 is 49.3 Å². The molecular weight excluding hydrogens is 385 g/mol. The third-order valence-electron chi connectivity index (χ3n) is 3.78. The first-order valence-electron chi connectivity index (χ1n) is 7.94. The van der Waals surface area contributed by atoms with Crippen LogP contribution >= 0.6 is 0 Å². The molecule has 0 fully saturated rings. The van der Waals surface area contributed by atoms with Crippen molar-refractivity contribution in [2.75, 3.05) is 0 Å². The van der Waals surface area contributed by atoms with Crippen LogP contribution in [-0.2, 0) is 22.6 Å². The molecule has 0 spiro atoms. The minimum absolute atomic E-state index is 0.442. The summed E-state index contributed by atoms with van der Waals surface area (Å²) in [5.41, 5.74) is -1.70. The van der Waals surface area contributed by atoms with Crippen LogP contribution in [0.15, 0.2) is 40.3 Å². The molecule has 0 saturated carbocycles. The fraction of sp³-hybridized carbons (Fsp3) is 0.412. The maximum Gasteiger partial charge on any atom is 0.423 e. The largest absolute Gasteiger partial charge is 0.423 e. The minimum atomic E-state index is -5.11. The zero-order valence-electron chi connectivity index (χ0n) is 15.1. The zero-order chi connectivity index (χ0) is 21.0. The van der Waals surface area contributed by atoms with Gasteiger partial charge in [0, 0.05) is 6.07 Å². The normalized spacial score (nSPS) is 12.8. The third kappa shape index (κ3) is 6.47. The number of nitro benzene ring substituents is 1. The van der Waals surface area contributed by atoms with Gasteiger partial charge in [0.2, 0.25) is 10.0 Å². The summed E-state index contributed by atoms with van der Waals surface area (Å²) in [6.45, 7) is 5.52. The topological polar surface area (TPSA) is 103 Å². The van der Waals surface area contributed by atoms with E-state index in [9.17, 15) is 31.7 Å². The van der Waals surface area contributed by atoms with Crippen LogP contribution in [0, 0.1) is 10.1 Å². The van der Waals surface area contributed by atoms with Gasteiger partial charge in [0.15, 0.2) is 0 Å². The monoisotopic (exact) mass is 406 g/mol. The van der Waals surface area contributed by atoms with E-state index in [1.165, 1.54) is 6.08 Å². The van der Waals surface area contributed by atoms with E-state index in [1.54, 1.807) is 6.92 Å². The smallest absolute Gasteiger partial charge is 0.258 e. The lowest BCUT2D eigenvalue weighted by atomic mass is 9.99. The first kappa shape index (κ1) is 22.8. The van der Waals surface area contributed by atoms with Gasteiger partial charge in [0.05, 0.1) is 9.82 Å². The summed E-state index contributed by atoms with van der Waals surface area (Å²) in [4.78, 5) is 9.07. The van der Waals surface area contributed by atoms with E-state index in [0.717, 1.165) is 17.2 Å². The standard InChI is InChI=1S/C17H21F3N2O4S/c1-11(2)5-4-6-12(3)7-8-13-15(27(21,25)26)10-9-14(22(23)24)16(13)17(18,19)20/h5,7,9-10H,4,6,8H2,1-3H3,(H2,21,25,26). The van der Waals surface area contributed by atoms with Crippen LogP contribution in [0.4, 0.5) is 18.9 Å². The predicted molar refractivity (Wildman–Crippen MR) is 95.6 cm³/mol. The molecule has 1 aromatic rings. The molecule has 0 aromatic heterocycles. The van der Waals surface area contributed by atoms with E-state index in [2.05, 4.69) is 0 Å². The Bertz CT molecular complexity index is 884. The molecule has 0 saturated heterocycles. The van der Waals surface area contributed by atoms with Crippen LogP contribution in [0.2, 0.25) is 0 Å². The highest BCUT2D eigenvalue weighted by Crippen LogP contribution is 2.41. The Kier molecular flexibility index (Phi) is 7.32. The molecule has 0 heterocycles. The molecule has 0 unspecified atom stereocenters. The second kappa shape index (κ2) is 8.66. The van der Waals surface area contributed by atoms with Crippen molar-refractivity contribution in [3.8, 4) is 0 Å². The molecule has 150 valence electrons. The van der Waals surface area contributed by atoms with Crippen LogP contribution < -0.4 is 5.14 Å².